The van der Waals surface area contributed by atoms with Crippen molar-refractivity contribution in [1.82, 2.24) is 25.4 Å². The van der Waals surface area contributed by atoms with E-state index in [0.717, 1.165) is 49.3 Å². The Bertz CT molecular complexity index is 785. The Morgan fingerprint density at radius 2 is 2.14 bits per heavy atom. The van der Waals surface area contributed by atoms with E-state index in [-0.39, 0.29) is 6.10 Å². The molecule has 2 N–H and O–H groups in total. The number of rotatable bonds is 7. The van der Waals surface area contributed by atoms with Crippen LogP contribution in [0.3, 0.4) is 0 Å². The second kappa shape index (κ2) is 10.1. The molecule has 2 aromatic rings. The topological polar surface area (TPSA) is 76.4 Å². The smallest absolute Gasteiger partial charge is 0.191 e. The molecule has 2 heterocycles. The lowest BCUT2D eigenvalue weighted by Gasteiger charge is -2.18. The maximum atomic E-state index is 5.96. The van der Waals surface area contributed by atoms with Crippen molar-refractivity contribution in [2.75, 3.05) is 20.1 Å². The summed E-state index contributed by atoms with van der Waals surface area (Å²) in [7, 11) is 1.78. The molecule has 0 bridgehead atoms. The van der Waals surface area contributed by atoms with Crippen molar-refractivity contribution < 1.29 is 4.74 Å². The molecule has 1 aliphatic heterocycles. The number of fused-ring (bicyclic) bond motifs is 1. The maximum absolute atomic E-state index is 5.96. The van der Waals surface area contributed by atoms with Crippen LogP contribution in [-0.4, -0.2) is 47.0 Å². The van der Waals surface area contributed by atoms with Crippen molar-refractivity contribution in [3.05, 3.63) is 41.5 Å². The number of aromatic nitrogens is 3. The normalized spacial score (nSPS) is 15.5. The van der Waals surface area contributed by atoms with Crippen LogP contribution >= 0.6 is 0 Å². The first-order valence-corrected chi connectivity index (χ1v) is 10.2. The number of aliphatic imine (C=N–C) groups is 1. The van der Waals surface area contributed by atoms with Crippen molar-refractivity contribution >= 4 is 5.96 Å². The van der Waals surface area contributed by atoms with Crippen molar-refractivity contribution in [3.8, 4) is 5.75 Å². The molecule has 0 radical (unpaired) electrons. The summed E-state index contributed by atoms with van der Waals surface area (Å²) < 4.78 is 8.25. The van der Waals surface area contributed by atoms with Crippen LogP contribution in [0, 0.1) is 6.92 Å². The molecule has 7 nitrogen and oxygen atoms in total. The molecule has 3 rings (SSSR count). The summed E-state index contributed by atoms with van der Waals surface area (Å²) in [5, 5.41) is 15.4. The first kappa shape index (κ1) is 20.2. The summed E-state index contributed by atoms with van der Waals surface area (Å²) in [4.78, 5) is 4.30. The second-order valence-corrected chi connectivity index (χ2v) is 7.37. The van der Waals surface area contributed by atoms with E-state index in [4.69, 9.17) is 4.74 Å². The highest BCUT2D eigenvalue weighted by Crippen LogP contribution is 2.15. The predicted octanol–water partition coefficient (Wildman–Crippen LogP) is 2.49. The lowest BCUT2D eigenvalue weighted by molar-refractivity contribution is 0.223. The highest BCUT2D eigenvalue weighted by molar-refractivity contribution is 5.79. The fraction of sp³-hybridized carbons (Fsp3) is 0.571. The molecule has 0 spiro atoms. The van der Waals surface area contributed by atoms with Gasteiger partial charge in [-0.2, -0.15) is 0 Å². The summed E-state index contributed by atoms with van der Waals surface area (Å²) in [6, 6.07) is 8.11. The summed E-state index contributed by atoms with van der Waals surface area (Å²) >= 11 is 0. The van der Waals surface area contributed by atoms with Gasteiger partial charge in [-0.15, -0.1) is 10.2 Å². The van der Waals surface area contributed by atoms with Gasteiger partial charge in [0.15, 0.2) is 5.96 Å². The molecule has 0 saturated heterocycles. The fourth-order valence-electron chi connectivity index (χ4n) is 3.45. The third-order valence-corrected chi connectivity index (χ3v) is 4.93. The van der Waals surface area contributed by atoms with Crippen LogP contribution in [0.25, 0.3) is 0 Å². The van der Waals surface area contributed by atoms with E-state index in [1.54, 1.807) is 7.05 Å². The van der Waals surface area contributed by atoms with Crippen LogP contribution in [0.5, 0.6) is 5.75 Å². The highest BCUT2D eigenvalue weighted by Gasteiger charge is 2.14. The molecule has 28 heavy (non-hydrogen) atoms. The van der Waals surface area contributed by atoms with Crippen LogP contribution in [0.1, 0.15) is 43.4 Å². The first-order valence-electron chi connectivity index (χ1n) is 10.2. The zero-order valence-electron chi connectivity index (χ0n) is 17.2. The SMILES string of the molecule is CN=C(NCCc1nnc2n1CCCCC2)NCC(C)Oc1cccc(C)c1. The lowest BCUT2D eigenvalue weighted by Crippen LogP contribution is -2.42. The van der Waals surface area contributed by atoms with Gasteiger partial charge in [0.2, 0.25) is 0 Å². The van der Waals surface area contributed by atoms with Gasteiger partial charge in [-0.1, -0.05) is 18.6 Å². The van der Waals surface area contributed by atoms with Crippen LogP contribution in [0.2, 0.25) is 0 Å². The molecule has 7 heteroatoms. The summed E-state index contributed by atoms with van der Waals surface area (Å²) in [6.45, 7) is 6.60. The number of nitrogens with zero attached hydrogens (tertiary/aromatic N) is 4. The second-order valence-electron chi connectivity index (χ2n) is 7.37. The van der Waals surface area contributed by atoms with Crippen molar-refractivity contribution in [2.45, 2.75) is 58.6 Å². The van der Waals surface area contributed by atoms with Crippen LogP contribution in [-0.2, 0) is 19.4 Å². The molecule has 1 aromatic heterocycles. The zero-order valence-corrected chi connectivity index (χ0v) is 17.2. The van der Waals surface area contributed by atoms with Gasteiger partial charge >= 0.3 is 0 Å². The largest absolute Gasteiger partial charge is 0.489 e. The number of nitrogens with one attached hydrogen (secondary N) is 2. The third-order valence-electron chi connectivity index (χ3n) is 4.93. The van der Waals surface area contributed by atoms with E-state index in [1.807, 2.05) is 25.1 Å². The van der Waals surface area contributed by atoms with E-state index in [9.17, 15) is 0 Å². The van der Waals surface area contributed by atoms with E-state index < -0.39 is 0 Å². The van der Waals surface area contributed by atoms with E-state index in [0.29, 0.717) is 6.54 Å². The summed E-state index contributed by atoms with van der Waals surface area (Å²) in [5.41, 5.74) is 1.20. The molecule has 1 aromatic carbocycles. The minimum absolute atomic E-state index is 0.0348. The molecule has 1 unspecified atom stereocenters. The molecular weight excluding hydrogens is 352 g/mol. The Labute approximate surface area is 167 Å². The standard InChI is InChI=1S/C21H32N6O/c1-16-8-7-9-18(14-16)28-17(2)15-24-21(22-3)23-12-11-20-26-25-19-10-5-4-6-13-27(19)20/h7-9,14,17H,4-6,10-13,15H2,1-3H3,(H2,22,23,24). The Balaban J connectivity index is 1.42. The van der Waals surface area contributed by atoms with Gasteiger partial charge in [0, 0.05) is 33.0 Å². The predicted molar refractivity (Wildman–Crippen MR) is 112 cm³/mol. The number of aryl methyl sites for hydroxylation is 2. The number of hydrogen-bond acceptors (Lipinski definition) is 4. The summed E-state index contributed by atoms with van der Waals surface area (Å²) in [5.74, 6) is 3.87. The number of benzene rings is 1. The minimum atomic E-state index is 0.0348. The summed E-state index contributed by atoms with van der Waals surface area (Å²) in [6.07, 6.45) is 5.63. The molecular formula is C21H32N6O. The quantitative estimate of drug-likeness (QED) is 0.567. The molecule has 0 amide bonds. The average Bonchev–Trinajstić information content (AvgIpc) is 2.91. The van der Waals surface area contributed by atoms with Crippen LogP contribution in [0.15, 0.2) is 29.3 Å². The number of guanidine groups is 1. The van der Waals surface area contributed by atoms with Gasteiger partial charge in [-0.25, -0.2) is 0 Å². The van der Waals surface area contributed by atoms with Crippen molar-refractivity contribution in [2.24, 2.45) is 4.99 Å². The highest BCUT2D eigenvalue weighted by atomic mass is 16.5. The number of hydrogen-bond donors (Lipinski definition) is 2. The molecule has 1 aliphatic rings. The number of ether oxygens (including phenoxy) is 1. The third kappa shape index (κ3) is 5.71. The van der Waals surface area contributed by atoms with E-state index in [2.05, 4.69) is 43.4 Å². The molecule has 0 fully saturated rings. The lowest BCUT2D eigenvalue weighted by atomic mass is 10.2. The minimum Gasteiger partial charge on any atom is -0.489 e. The molecule has 0 aliphatic carbocycles. The van der Waals surface area contributed by atoms with Crippen LogP contribution in [0.4, 0.5) is 0 Å². The molecule has 152 valence electrons. The van der Waals surface area contributed by atoms with Gasteiger partial charge in [-0.3, -0.25) is 4.99 Å². The van der Waals surface area contributed by atoms with Crippen molar-refractivity contribution in [1.29, 1.82) is 0 Å². The zero-order chi connectivity index (χ0) is 19.8. The fourth-order valence-corrected chi connectivity index (χ4v) is 3.45. The van der Waals surface area contributed by atoms with Gasteiger partial charge < -0.3 is 19.9 Å². The molecule has 1 atom stereocenters. The Kier molecular flexibility index (Phi) is 7.28. The van der Waals surface area contributed by atoms with Gasteiger partial charge in [0.25, 0.3) is 0 Å². The van der Waals surface area contributed by atoms with Crippen LogP contribution < -0.4 is 15.4 Å². The molecule has 0 saturated carbocycles. The van der Waals surface area contributed by atoms with Crippen molar-refractivity contribution in [3.63, 3.8) is 0 Å². The van der Waals surface area contributed by atoms with Gasteiger partial charge in [0.1, 0.15) is 23.5 Å². The Hall–Kier alpha value is -2.57. The van der Waals surface area contributed by atoms with E-state index >= 15 is 0 Å². The van der Waals surface area contributed by atoms with E-state index in [1.165, 1.54) is 24.8 Å². The average molecular weight is 385 g/mol. The first-order chi connectivity index (χ1) is 13.7. The monoisotopic (exact) mass is 384 g/mol. The maximum Gasteiger partial charge on any atom is 0.191 e. The van der Waals surface area contributed by atoms with Gasteiger partial charge in [-0.05, 0) is 44.4 Å². The van der Waals surface area contributed by atoms with Gasteiger partial charge in [0.05, 0.1) is 6.54 Å². The Morgan fingerprint density at radius 3 is 2.96 bits per heavy atom. The Morgan fingerprint density at radius 1 is 1.25 bits per heavy atom.